The molecule has 0 amide bonds. The summed E-state index contributed by atoms with van der Waals surface area (Å²) in [5.74, 6) is -4.97. The lowest BCUT2D eigenvalue weighted by Crippen LogP contribution is -2.38. The van der Waals surface area contributed by atoms with E-state index in [9.17, 15) is 14.4 Å². The summed E-state index contributed by atoms with van der Waals surface area (Å²) in [6.45, 7) is 23.3. The van der Waals surface area contributed by atoms with Gasteiger partial charge in [-0.15, -0.1) is 9.78 Å². The molecule has 0 bridgehead atoms. The largest absolute Gasteiger partial charge is 0.513 e. The Bertz CT molecular complexity index is 630. The van der Waals surface area contributed by atoms with Crippen LogP contribution in [-0.4, -0.2) is 29.7 Å². The Morgan fingerprint density at radius 1 is 0.567 bits per heavy atom. The van der Waals surface area contributed by atoms with Crippen molar-refractivity contribution in [2.24, 2.45) is 10.8 Å². The summed E-state index contributed by atoms with van der Waals surface area (Å²) in [5, 5.41) is 0. The van der Waals surface area contributed by atoms with Gasteiger partial charge in [-0.3, -0.25) is 9.78 Å². The maximum Gasteiger partial charge on any atom is 0.513 e. The van der Waals surface area contributed by atoms with Gasteiger partial charge in [0.2, 0.25) is 0 Å². The second-order valence-corrected chi connectivity index (χ2v) is 9.62. The van der Waals surface area contributed by atoms with Gasteiger partial charge in [0, 0.05) is 38.8 Å². The number of carbonyl (C=O) groups excluding carboxylic acids is 3. The van der Waals surface area contributed by atoms with E-state index in [-0.39, 0.29) is 11.1 Å². The van der Waals surface area contributed by atoms with Crippen molar-refractivity contribution in [1.82, 2.24) is 0 Å². The van der Waals surface area contributed by atoms with Crippen LogP contribution in [0.4, 0.5) is 4.79 Å². The van der Waals surface area contributed by atoms with Gasteiger partial charge in [-0.2, -0.15) is 0 Å². The molecule has 0 saturated heterocycles. The number of carbonyl (C=O) groups is 3. The fraction of sp³-hybridized carbons (Fsp3) is 0.667. The molecule has 30 heavy (non-hydrogen) atoms. The van der Waals surface area contributed by atoms with Gasteiger partial charge in [0.25, 0.3) is 11.6 Å². The molecule has 0 saturated carbocycles. The van der Waals surface area contributed by atoms with E-state index in [2.05, 4.69) is 22.9 Å². The fourth-order valence-corrected chi connectivity index (χ4v) is 1.45. The van der Waals surface area contributed by atoms with Crippen molar-refractivity contribution < 1.29 is 43.4 Å². The third-order valence-corrected chi connectivity index (χ3v) is 3.60. The van der Waals surface area contributed by atoms with Crippen LogP contribution in [0.25, 0.3) is 0 Å². The zero-order valence-corrected chi connectivity index (χ0v) is 19.6. The first-order valence-corrected chi connectivity index (χ1v) is 9.29. The molecule has 0 radical (unpaired) electrons. The van der Waals surface area contributed by atoms with E-state index in [0.717, 1.165) is 0 Å². The van der Waals surface area contributed by atoms with Gasteiger partial charge in [-0.1, -0.05) is 54.7 Å². The van der Waals surface area contributed by atoms with E-state index < -0.39 is 40.5 Å². The highest BCUT2D eigenvalue weighted by Gasteiger charge is 2.35. The third kappa shape index (κ3) is 9.89. The summed E-state index contributed by atoms with van der Waals surface area (Å²) in [5.41, 5.74) is -0.703. The lowest BCUT2D eigenvalue weighted by molar-refractivity contribution is -0.398. The minimum atomic E-state index is -1.68. The predicted octanol–water partition coefficient (Wildman–Crippen LogP) is 4.77. The minimum absolute atomic E-state index is 0.175. The van der Waals surface area contributed by atoms with Gasteiger partial charge >= 0.3 is 18.1 Å². The summed E-state index contributed by atoms with van der Waals surface area (Å²) in [6, 6.07) is 0. The maximum atomic E-state index is 12.0. The number of rotatable bonds is 8. The Morgan fingerprint density at radius 3 is 1.07 bits per heavy atom. The van der Waals surface area contributed by atoms with Crippen LogP contribution in [0.15, 0.2) is 24.3 Å². The van der Waals surface area contributed by atoms with Crippen LogP contribution < -0.4 is 0 Å². The molecule has 0 rings (SSSR count). The molecule has 0 aromatic carbocycles. The van der Waals surface area contributed by atoms with Crippen molar-refractivity contribution >= 4 is 18.1 Å². The van der Waals surface area contributed by atoms with Crippen molar-refractivity contribution in [3.8, 4) is 0 Å². The average molecular weight is 430 g/mol. The third-order valence-electron chi connectivity index (χ3n) is 3.60. The van der Waals surface area contributed by atoms with Crippen LogP contribution >= 0.6 is 0 Å². The van der Waals surface area contributed by atoms with Crippen LogP contribution in [0.5, 0.6) is 0 Å². The van der Waals surface area contributed by atoms with Gasteiger partial charge in [-0.05, 0) is 10.8 Å². The van der Waals surface area contributed by atoms with Crippen molar-refractivity contribution in [1.29, 1.82) is 0 Å². The second kappa shape index (κ2) is 9.61. The highest BCUT2D eigenvalue weighted by Crippen LogP contribution is 2.27. The number of hydrogen-bond acceptors (Lipinski definition) is 9. The van der Waals surface area contributed by atoms with Gasteiger partial charge in [-0.25, -0.2) is 14.4 Å². The minimum Gasteiger partial charge on any atom is -0.398 e. The van der Waals surface area contributed by atoms with E-state index in [1.54, 1.807) is 41.5 Å². The Morgan fingerprint density at radius 2 is 0.833 bits per heavy atom. The molecular formula is C21H34O9. The lowest BCUT2D eigenvalue weighted by atomic mass is 9.88. The van der Waals surface area contributed by atoms with Crippen LogP contribution in [0.2, 0.25) is 0 Å². The van der Waals surface area contributed by atoms with Crippen LogP contribution in [0, 0.1) is 10.8 Å². The van der Waals surface area contributed by atoms with Crippen LogP contribution in [0.1, 0.15) is 69.2 Å². The van der Waals surface area contributed by atoms with Crippen LogP contribution in [0.3, 0.4) is 0 Å². The topological polar surface area (TPSA) is 107 Å². The molecule has 0 atom stereocenters. The number of hydrogen-bond donors (Lipinski definition) is 0. The van der Waals surface area contributed by atoms with E-state index in [1.807, 2.05) is 0 Å². The zero-order chi connectivity index (χ0) is 24.1. The highest BCUT2D eigenvalue weighted by molar-refractivity contribution is 5.89. The molecule has 0 aromatic heterocycles. The molecule has 0 heterocycles. The summed E-state index contributed by atoms with van der Waals surface area (Å²) < 4.78 is 9.94. The normalized spacial score (nSPS) is 12.6. The molecule has 172 valence electrons. The molecule has 9 nitrogen and oxygen atoms in total. The SMILES string of the molecule is C=C(C(=O)OOC(C)(C)OC(=O)OC(C)(C)OOC(=O)C(=C)C(C)(C)C)C(C)(C)C. The maximum absolute atomic E-state index is 12.0. The summed E-state index contributed by atoms with van der Waals surface area (Å²) >= 11 is 0. The van der Waals surface area contributed by atoms with Crippen LogP contribution in [-0.2, 0) is 38.6 Å². The molecule has 0 aliphatic rings. The second-order valence-electron chi connectivity index (χ2n) is 9.62. The van der Waals surface area contributed by atoms with Crippen molar-refractivity contribution in [2.45, 2.75) is 80.8 Å². The molecule has 0 fully saturated rings. The molecule has 0 aliphatic carbocycles. The Labute approximate surface area is 178 Å². The van der Waals surface area contributed by atoms with Gasteiger partial charge < -0.3 is 9.47 Å². The standard InChI is InChI=1S/C21H34O9/c1-13(18(3,4)5)15(22)27-29-20(9,10)25-17(24)26-21(11,12)30-28-16(23)14(2)19(6,7)8/h1-2H2,3-12H3. The highest BCUT2D eigenvalue weighted by atomic mass is 17.3. The van der Waals surface area contributed by atoms with E-state index in [1.165, 1.54) is 27.7 Å². The van der Waals surface area contributed by atoms with Crippen molar-refractivity contribution in [2.75, 3.05) is 0 Å². The zero-order valence-electron chi connectivity index (χ0n) is 19.6. The van der Waals surface area contributed by atoms with Crippen molar-refractivity contribution in [3.63, 3.8) is 0 Å². The molecular weight excluding hydrogens is 396 g/mol. The first kappa shape index (κ1) is 27.6. The summed E-state index contributed by atoms with van der Waals surface area (Å²) in [4.78, 5) is 55.0. The van der Waals surface area contributed by atoms with Gasteiger partial charge in [0.1, 0.15) is 0 Å². The first-order valence-electron chi connectivity index (χ1n) is 9.29. The first-order chi connectivity index (χ1) is 13.2. The summed E-state index contributed by atoms with van der Waals surface area (Å²) in [6.07, 6.45) is -1.22. The van der Waals surface area contributed by atoms with Gasteiger partial charge in [0.05, 0.1) is 0 Å². The smallest absolute Gasteiger partial charge is 0.398 e. The average Bonchev–Trinajstić information content (AvgIpc) is 2.53. The quantitative estimate of drug-likeness (QED) is 0.177. The molecule has 0 spiro atoms. The molecule has 0 aliphatic heterocycles. The fourth-order valence-electron chi connectivity index (χ4n) is 1.45. The molecule has 0 unspecified atom stereocenters. The van der Waals surface area contributed by atoms with Crippen molar-refractivity contribution in [3.05, 3.63) is 24.3 Å². The Balaban J connectivity index is 4.71. The van der Waals surface area contributed by atoms with Gasteiger partial charge in [0.15, 0.2) is 0 Å². The summed E-state index contributed by atoms with van der Waals surface area (Å²) in [7, 11) is 0. The van der Waals surface area contributed by atoms with E-state index in [0.29, 0.717) is 0 Å². The molecule has 0 N–H and O–H groups in total. The van der Waals surface area contributed by atoms with E-state index >= 15 is 0 Å². The van der Waals surface area contributed by atoms with E-state index in [4.69, 9.17) is 19.2 Å². The number of ether oxygens (including phenoxy) is 2. The predicted molar refractivity (Wildman–Crippen MR) is 107 cm³/mol. The molecule has 0 aromatic rings. The molecule has 9 heteroatoms. The monoisotopic (exact) mass is 430 g/mol. The Hall–Kier alpha value is -2.39. The Kier molecular flexibility index (Phi) is 8.85. The lowest BCUT2D eigenvalue weighted by Gasteiger charge is -2.28.